The van der Waals surface area contributed by atoms with Crippen molar-refractivity contribution >= 4 is 22.6 Å². The molecule has 32 heavy (non-hydrogen) atoms. The highest BCUT2D eigenvalue weighted by atomic mass is 16.5. The topological polar surface area (TPSA) is 67.9 Å². The van der Waals surface area contributed by atoms with Crippen LogP contribution >= 0.6 is 0 Å². The van der Waals surface area contributed by atoms with Crippen LogP contribution < -0.4 is 14.8 Å². The molecular formula is C26H30N2O4. The minimum absolute atomic E-state index is 0.159. The summed E-state index contributed by atoms with van der Waals surface area (Å²) < 4.78 is 11.2. The SMILES string of the molecule is CCNC(=O)[C@@H](CC)N(Cc1cccc(OC)c1)C(=O)COc1cccc2ccccc12. The summed E-state index contributed by atoms with van der Waals surface area (Å²) in [6.45, 7) is 4.39. The predicted octanol–water partition coefficient (Wildman–Crippen LogP) is 4.17. The Hall–Kier alpha value is -3.54. The second-order valence-corrected chi connectivity index (χ2v) is 7.46. The number of nitrogens with one attached hydrogen (secondary N) is 1. The number of amides is 2. The summed E-state index contributed by atoms with van der Waals surface area (Å²) in [5.74, 6) is 0.923. The molecule has 6 heteroatoms. The molecule has 3 aromatic rings. The van der Waals surface area contributed by atoms with E-state index in [0.717, 1.165) is 16.3 Å². The molecule has 0 aliphatic heterocycles. The van der Waals surface area contributed by atoms with Gasteiger partial charge in [0.25, 0.3) is 5.91 Å². The number of fused-ring (bicyclic) bond motifs is 1. The van der Waals surface area contributed by atoms with Gasteiger partial charge in [0.2, 0.25) is 5.91 Å². The first kappa shape index (κ1) is 23.1. The quantitative estimate of drug-likeness (QED) is 0.520. The third-order valence-corrected chi connectivity index (χ3v) is 5.32. The molecule has 6 nitrogen and oxygen atoms in total. The summed E-state index contributed by atoms with van der Waals surface area (Å²) in [4.78, 5) is 27.6. The Bertz CT molecular complexity index is 1060. The summed E-state index contributed by atoms with van der Waals surface area (Å²) in [5.41, 5.74) is 0.880. The van der Waals surface area contributed by atoms with Gasteiger partial charge in [-0.05, 0) is 42.5 Å². The van der Waals surface area contributed by atoms with E-state index in [1.165, 1.54) is 0 Å². The molecule has 0 heterocycles. The summed E-state index contributed by atoms with van der Waals surface area (Å²) in [6, 6.07) is 20.5. The Labute approximate surface area is 189 Å². The van der Waals surface area contributed by atoms with Crippen LogP contribution in [-0.2, 0) is 16.1 Å². The molecular weight excluding hydrogens is 404 g/mol. The first-order chi connectivity index (χ1) is 15.6. The monoisotopic (exact) mass is 434 g/mol. The van der Waals surface area contributed by atoms with E-state index in [1.807, 2.05) is 80.6 Å². The van der Waals surface area contributed by atoms with Crippen molar-refractivity contribution < 1.29 is 19.1 Å². The standard InChI is InChI=1S/C26H30N2O4/c1-4-23(26(30)27-5-2)28(17-19-10-8-13-21(16-19)31-3)25(29)18-32-24-15-9-12-20-11-6-7-14-22(20)24/h6-16,23H,4-5,17-18H2,1-3H3,(H,27,30)/t23-/m1/s1. The zero-order chi connectivity index (χ0) is 22.9. The van der Waals surface area contributed by atoms with E-state index in [0.29, 0.717) is 24.5 Å². The fraction of sp³-hybridized carbons (Fsp3) is 0.308. The molecule has 168 valence electrons. The summed E-state index contributed by atoms with van der Waals surface area (Å²) in [7, 11) is 1.60. The molecule has 0 unspecified atom stereocenters. The number of carbonyl (C=O) groups is 2. The maximum absolute atomic E-state index is 13.3. The maximum Gasteiger partial charge on any atom is 0.261 e. The molecule has 0 saturated heterocycles. The number of hydrogen-bond donors (Lipinski definition) is 1. The van der Waals surface area contributed by atoms with E-state index in [-0.39, 0.29) is 25.0 Å². The summed E-state index contributed by atoms with van der Waals surface area (Å²) in [5, 5.41) is 4.82. The van der Waals surface area contributed by atoms with Gasteiger partial charge in [0.1, 0.15) is 17.5 Å². The van der Waals surface area contributed by atoms with E-state index >= 15 is 0 Å². The van der Waals surface area contributed by atoms with Crippen LogP contribution in [0.4, 0.5) is 0 Å². The van der Waals surface area contributed by atoms with Gasteiger partial charge >= 0.3 is 0 Å². The Kier molecular flexibility index (Phi) is 8.08. The lowest BCUT2D eigenvalue weighted by Gasteiger charge is -2.30. The van der Waals surface area contributed by atoms with Crippen molar-refractivity contribution in [1.82, 2.24) is 10.2 Å². The van der Waals surface area contributed by atoms with E-state index < -0.39 is 6.04 Å². The van der Waals surface area contributed by atoms with Gasteiger partial charge in [0.15, 0.2) is 6.61 Å². The third kappa shape index (κ3) is 5.58. The van der Waals surface area contributed by atoms with Crippen molar-refractivity contribution in [3.8, 4) is 11.5 Å². The normalized spacial score (nSPS) is 11.6. The number of rotatable bonds is 10. The van der Waals surface area contributed by atoms with Crippen molar-refractivity contribution in [2.24, 2.45) is 0 Å². The fourth-order valence-electron chi connectivity index (χ4n) is 3.72. The highest BCUT2D eigenvalue weighted by Crippen LogP contribution is 2.25. The smallest absolute Gasteiger partial charge is 0.261 e. The first-order valence-electron chi connectivity index (χ1n) is 10.9. The van der Waals surface area contributed by atoms with Gasteiger partial charge in [-0.15, -0.1) is 0 Å². The number of nitrogens with zero attached hydrogens (tertiary/aromatic N) is 1. The van der Waals surface area contributed by atoms with Crippen molar-refractivity contribution in [3.05, 3.63) is 72.3 Å². The number of likely N-dealkylation sites (N-methyl/N-ethyl adjacent to an activating group) is 1. The van der Waals surface area contributed by atoms with E-state index in [1.54, 1.807) is 12.0 Å². The van der Waals surface area contributed by atoms with Crippen LogP contribution in [0.1, 0.15) is 25.8 Å². The minimum atomic E-state index is -0.593. The van der Waals surface area contributed by atoms with E-state index in [4.69, 9.17) is 9.47 Å². The van der Waals surface area contributed by atoms with Crippen LogP contribution in [0.15, 0.2) is 66.7 Å². The lowest BCUT2D eigenvalue weighted by Crippen LogP contribution is -2.50. The molecule has 0 bridgehead atoms. The minimum Gasteiger partial charge on any atom is -0.497 e. The van der Waals surface area contributed by atoms with Gasteiger partial charge < -0.3 is 19.7 Å². The molecule has 2 amide bonds. The van der Waals surface area contributed by atoms with Gasteiger partial charge in [0.05, 0.1) is 7.11 Å². The number of hydrogen-bond acceptors (Lipinski definition) is 4. The van der Waals surface area contributed by atoms with Crippen LogP contribution in [0.25, 0.3) is 10.8 Å². The van der Waals surface area contributed by atoms with Crippen molar-refractivity contribution in [2.75, 3.05) is 20.3 Å². The van der Waals surface area contributed by atoms with Gasteiger partial charge in [-0.25, -0.2) is 0 Å². The number of benzene rings is 3. The number of carbonyl (C=O) groups excluding carboxylic acids is 2. The van der Waals surface area contributed by atoms with Crippen LogP contribution in [0.5, 0.6) is 11.5 Å². The zero-order valence-electron chi connectivity index (χ0n) is 18.8. The zero-order valence-corrected chi connectivity index (χ0v) is 18.8. The average molecular weight is 435 g/mol. The van der Waals surface area contributed by atoms with Crippen LogP contribution in [0.2, 0.25) is 0 Å². The number of ether oxygens (including phenoxy) is 2. The third-order valence-electron chi connectivity index (χ3n) is 5.32. The highest BCUT2D eigenvalue weighted by molar-refractivity contribution is 5.90. The average Bonchev–Trinajstić information content (AvgIpc) is 2.82. The van der Waals surface area contributed by atoms with Crippen LogP contribution in [-0.4, -0.2) is 43.0 Å². The highest BCUT2D eigenvalue weighted by Gasteiger charge is 2.28. The van der Waals surface area contributed by atoms with Crippen molar-refractivity contribution in [2.45, 2.75) is 32.9 Å². The second-order valence-electron chi connectivity index (χ2n) is 7.46. The molecule has 0 aliphatic rings. The largest absolute Gasteiger partial charge is 0.497 e. The second kappa shape index (κ2) is 11.2. The lowest BCUT2D eigenvalue weighted by molar-refractivity contribution is -0.142. The molecule has 3 rings (SSSR count). The van der Waals surface area contributed by atoms with E-state index in [9.17, 15) is 9.59 Å². The molecule has 0 fully saturated rings. The maximum atomic E-state index is 13.3. The molecule has 1 N–H and O–H groups in total. The van der Waals surface area contributed by atoms with E-state index in [2.05, 4.69) is 5.32 Å². The molecule has 1 atom stereocenters. The predicted molar refractivity (Wildman–Crippen MR) is 126 cm³/mol. The van der Waals surface area contributed by atoms with Crippen molar-refractivity contribution in [3.63, 3.8) is 0 Å². The van der Waals surface area contributed by atoms with Gasteiger partial charge in [0, 0.05) is 18.5 Å². The number of methoxy groups -OCH3 is 1. The van der Waals surface area contributed by atoms with Gasteiger partial charge in [-0.1, -0.05) is 55.5 Å². The summed E-state index contributed by atoms with van der Waals surface area (Å²) >= 11 is 0. The molecule has 0 saturated carbocycles. The summed E-state index contributed by atoms with van der Waals surface area (Å²) in [6.07, 6.45) is 0.496. The first-order valence-corrected chi connectivity index (χ1v) is 10.9. The van der Waals surface area contributed by atoms with Gasteiger partial charge in [-0.3, -0.25) is 9.59 Å². The molecule has 0 radical (unpaired) electrons. The Morgan fingerprint density at radius 1 is 1.00 bits per heavy atom. The van der Waals surface area contributed by atoms with Crippen LogP contribution in [0, 0.1) is 0 Å². The Morgan fingerprint density at radius 3 is 2.50 bits per heavy atom. The molecule has 0 aliphatic carbocycles. The molecule has 0 aromatic heterocycles. The fourth-order valence-corrected chi connectivity index (χ4v) is 3.72. The molecule has 0 spiro atoms. The van der Waals surface area contributed by atoms with Crippen molar-refractivity contribution in [1.29, 1.82) is 0 Å². The van der Waals surface area contributed by atoms with Crippen LogP contribution in [0.3, 0.4) is 0 Å². The molecule has 3 aromatic carbocycles. The Morgan fingerprint density at radius 2 is 1.75 bits per heavy atom. The van der Waals surface area contributed by atoms with Gasteiger partial charge in [-0.2, -0.15) is 0 Å². The Balaban J connectivity index is 1.83. The lowest BCUT2D eigenvalue weighted by atomic mass is 10.1.